The number of halogens is 3. The van der Waals surface area contributed by atoms with Crippen LogP contribution in [0.4, 0.5) is 13.2 Å². The summed E-state index contributed by atoms with van der Waals surface area (Å²) in [4.78, 5) is 17.9. The Balaban J connectivity index is 1.91. The summed E-state index contributed by atoms with van der Waals surface area (Å²) in [7, 11) is 0. The Morgan fingerprint density at radius 1 is 1.42 bits per heavy atom. The van der Waals surface area contributed by atoms with Gasteiger partial charge in [0.05, 0.1) is 26.2 Å². The van der Waals surface area contributed by atoms with Crippen molar-refractivity contribution < 1.29 is 22.7 Å². The van der Waals surface area contributed by atoms with Crippen molar-refractivity contribution in [1.29, 1.82) is 0 Å². The minimum Gasteiger partial charge on any atom is -0.367 e. The highest BCUT2D eigenvalue weighted by atomic mass is 19.4. The zero-order valence-electron chi connectivity index (χ0n) is 13.9. The minimum absolute atomic E-state index is 0.222. The van der Waals surface area contributed by atoms with Gasteiger partial charge >= 0.3 is 6.18 Å². The third-order valence-electron chi connectivity index (χ3n) is 3.50. The van der Waals surface area contributed by atoms with E-state index in [1.54, 1.807) is 0 Å². The van der Waals surface area contributed by atoms with Gasteiger partial charge in [0.15, 0.2) is 11.6 Å². The Kier molecular flexibility index (Phi) is 5.49. The molecule has 1 atom stereocenters. The largest absolute Gasteiger partial charge is 0.401 e. The van der Waals surface area contributed by atoms with Gasteiger partial charge in [0.25, 0.3) is 0 Å². The summed E-state index contributed by atoms with van der Waals surface area (Å²) in [5.41, 5.74) is -0.222. The molecule has 0 aromatic carbocycles. The van der Waals surface area contributed by atoms with Crippen LogP contribution in [0.25, 0.3) is 0 Å². The number of nitrogens with one attached hydrogen (secondary N) is 2. The van der Waals surface area contributed by atoms with Gasteiger partial charge in [-0.3, -0.25) is 9.89 Å². The Labute approximate surface area is 138 Å². The van der Waals surface area contributed by atoms with Crippen molar-refractivity contribution >= 4 is 5.91 Å². The predicted molar refractivity (Wildman–Crippen MR) is 79.3 cm³/mol. The number of carbonyl (C=O) groups excluding carboxylic acids is 1. The molecule has 0 unspecified atom stereocenters. The second-order valence-electron chi connectivity index (χ2n) is 6.71. The van der Waals surface area contributed by atoms with Crippen LogP contribution in [0.2, 0.25) is 0 Å². The molecule has 0 bridgehead atoms. The standard InChI is InChI=1S/C14H22F3N5O2/c1-13(2,3)12-19-11(20-21-12)9-7-22(4-5-24-9)10(23)6-18-8-14(15,16)17/h9,18H,4-8H2,1-3H3,(H,19,20,21)/t9-/m0/s1. The molecule has 1 saturated heterocycles. The van der Waals surface area contributed by atoms with Gasteiger partial charge in [0.2, 0.25) is 5.91 Å². The quantitative estimate of drug-likeness (QED) is 0.852. The zero-order valence-corrected chi connectivity index (χ0v) is 13.9. The first-order valence-corrected chi connectivity index (χ1v) is 7.66. The van der Waals surface area contributed by atoms with Crippen LogP contribution in [-0.2, 0) is 14.9 Å². The molecule has 1 amide bonds. The number of nitrogens with zero attached hydrogens (tertiary/aromatic N) is 3. The van der Waals surface area contributed by atoms with Crippen LogP contribution in [0.5, 0.6) is 0 Å². The molecule has 1 aliphatic heterocycles. The monoisotopic (exact) mass is 349 g/mol. The predicted octanol–water partition coefficient (Wildman–Crippen LogP) is 1.15. The summed E-state index contributed by atoms with van der Waals surface area (Å²) in [5.74, 6) is 0.750. The van der Waals surface area contributed by atoms with E-state index < -0.39 is 24.7 Å². The number of H-pyrrole nitrogens is 1. The Hall–Kier alpha value is -1.68. The average Bonchev–Trinajstić information content (AvgIpc) is 2.96. The number of hydrogen-bond donors (Lipinski definition) is 2. The molecule has 2 rings (SSSR count). The van der Waals surface area contributed by atoms with Crippen molar-refractivity contribution in [2.45, 2.75) is 38.5 Å². The zero-order chi connectivity index (χ0) is 18.0. The van der Waals surface area contributed by atoms with Gasteiger partial charge < -0.3 is 15.0 Å². The Morgan fingerprint density at radius 2 is 2.12 bits per heavy atom. The maximum atomic E-state index is 12.1. The summed E-state index contributed by atoms with van der Waals surface area (Å²) in [6.45, 7) is 5.23. The van der Waals surface area contributed by atoms with Crippen molar-refractivity contribution in [3.05, 3.63) is 11.6 Å². The number of hydrogen-bond acceptors (Lipinski definition) is 5. The van der Waals surface area contributed by atoms with E-state index in [2.05, 4.69) is 20.5 Å². The van der Waals surface area contributed by atoms with E-state index >= 15 is 0 Å². The van der Waals surface area contributed by atoms with Gasteiger partial charge in [0.1, 0.15) is 6.10 Å². The molecular formula is C14H22F3N5O2. The van der Waals surface area contributed by atoms with E-state index in [0.29, 0.717) is 24.8 Å². The molecule has 0 saturated carbocycles. The minimum atomic E-state index is -4.34. The first-order valence-electron chi connectivity index (χ1n) is 7.66. The molecule has 1 fully saturated rings. The molecule has 0 spiro atoms. The van der Waals surface area contributed by atoms with Crippen molar-refractivity contribution in [2.75, 3.05) is 32.8 Å². The second kappa shape index (κ2) is 7.06. The van der Waals surface area contributed by atoms with E-state index in [0.717, 1.165) is 0 Å². The third kappa shape index (κ3) is 5.17. The molecule has 10 heteroatoms. The lowest BCUT2D eigenvalue weighted by atomic mass is 9.96. The fraction of sp³-hybridized carbons (Fsp3) is 0.786. The van der Waals surface area contributed by atoms with Crippen LogP contribution in [-0.4, -0.2) is 65.0 Å². The van der Waals surface area contributed by atoms with Gasteiger partial charge in [-0.15, -0.1) is 0 Å². The summed E-state index contributed by atoms with van der Waals surface area (Å²) in [6, 6.07) is 0. The molecule has 1 aromatic heterocycles. The number of morpholine rings is 1. The lowest BCUT2D eigenvalue weighted by Crippen LogP contribution is -2.47. The second-order valence-corrected chi connectivity index (χ2v) is 6.71. The summed E-state index contributed by atoms with van der Waals surface area (Å²) < 4.78 is 41.9. The van der Waals surface area contributed by atoms with Crippen molar-refractivity contribution in [2.24, 2.45) is 0 Å². The Morgan fingerprint density at radius 3 is 2.71 bits per heavy atom. The smallest absolute Gasteiger partial charge is 0.367 e. The lowest BCUT2D eigenvalue weighted by molar-refractivity contribution is -0.140. The molecule has 1 aliphatic rings. The molecule has 7 nitrogen and oxygen atoms in total. The van der Waals surface area contributed by atoms with Crippen LogP contribution in [0, 0.1) is 0 Å². The molecule has 136 valence electrons. The highest BCUT2D eigenvalue weighted by Gasteiger charge is 2.30. The SMILES string of the molecule is CC(C)(C)c1n[nH]c([C@@H]2CN(C(=O)CNCC(F)(F)F)CCO2)n1. The number of alkyl halides is 3. The van der Waals surface area contributed by atoms with E-state index in [1.165, 1.54) is 4.90 Å². The van der Waals surface area contributed by atoms with Gasteiger partial charge in [-0.2, -0.15) is 18.3 Å². The molecule has 0 radical (unpaired) electrons. The summed E-state index contributed by atoms with van der Waals surface area (Å²) in [5, 5.41) is 9.08. The third-order valence-corrected chi connectivity index (χ3v) is 3.50. The summed E-state index contributed by atoms with van der Waals surface area (Å²) >= 11 is 0. The molecular weight excluding hydrogens is 327 g/mol. The van der Waals surface area contributed by atoms with Gasteiger partial charge in [-0.25, -0.2) is 4.98 Å². The van der Waals surface area contributed by atoms with Crippen molar-refractivity contribution in [3.63, 3.8) is 0 Å². The van der Waals surface area contributed by atoms with Crippen LogP contribution in [0.3, 0.4) is 0 Å². The van der Waals surface area contributed by atoms with Crippen LogP contribution < -0.4 is 5.32 Å². The first-order chi connectivity index (χ1) is 11.1. The number of ether oxygens (including phenoxy) is 1. The van der Waals surface area contributed by atoms with Crippen LogP contribution in [0.1, 0.15) is 38.5 Å². The highest BCUT2D eigenvalue weighted by Crippen LogP contribution is 2.23. The highest BCUT2D eigenvalue weighted by molar-refractivity contribution is 5.78. The summed E-state index contributed by atoms with van der Waals surface area (Å²) in [6.07, 6.45) is -4.80. The van der Waals surface area contributed by atoms with Crippen molar-refractivity contribution in [1.82, 2.24) is 25.4 Å². The van der Waals surface area contributed by atoms with Gasteiger partial charge in [-0.1, -0.05) is 20.8 Å². The molecule has 1 aromatic rings. The van der Waals surface area contributed by atoms with Crippen LogP contribution in [0.15, 0.2) is 0 Å². The van der Waals surface area contributed by atoms with Crippen LogP contribution >= 0.6 is 0 Å². The average molecular weight is 349 g/mol. The molecule has 2 N–H and O–H groups in total. The number of rotatable bonds is 4. The van der Waals surface area contributed by atoms with E-state index in [1.807, 2.05) is 20.8 Å². The van der Waals surface area contributed by atoms with E-state index in [-0.39, 0.29) is 18.5 Å². The lowest BCUT2D eigenvalue weighted by Gasteiger charge is -2.32. The fourth-order valence-electron chi connectivity index (χ4n) is 2.22. The van der Waals surface area contributed by atoms with Gasteiger partial charge in [-0.05, 0) is 0 Å². The molecule has 0 aliphatic carbocycles. The number of aromatic nitrogens is 3. The first kappa shape index (κ1) is 18.7. The van der Waals surface area contributed by atoms with E-state index in [9.17, 15) is 18.0 Å². The maximum Gasteiger partial charge on any atom is 0.401 e. The normalized spacial score (nSPS) is 19.6. The number of aromatic amines is 1. The number of carbonyl (C=O) groups is 1. The number of amides is 1. The fourth-order valence-corrected chi connectivity index (χ4v) is 2.22. The molecule has 2 heterocycles. The van der Waals surface area contributed by atoms with Gasteiger partial charge in [0, 0.05) is 12.0 Å². The van der Waals surface area contributed by atoms with E-state index in [4.69, 9.17) is 4.74 Å². The maximum absolute atomic E-state index is 12.1. The van der Waals surface area contributed by atoms with Crippen molar-refractivity contribution in [3.8, 4) is 0 Å². The molecule has 24 heavy (non-hydrogen) atoms. The topological polar surface area (TPSA) is 83.1 Å². The Bertz CT molecular complexity index is 567.